The fourth-order valence-corrected chi connectivity index (χ4v) is 5.99. The Morgan fingerprint density at radius 3 is 1.24 bits per heavy atom. The molecule has 1 aromatic heterocycles. The highest BCUT2D eigenvalue weighted by molar-refractivity contribution is 5.66. The van der Waals surface area contributed by atoms with Crippen LogP contribution < -0.4 is 24.3 Å². The SMILES string of the molecule is CC(C)(C)CC(C)(C)Nc1nc(Oc2ccc(-c3ccc(OCC4CO4)cc3)cc2)nc(Oc2ccc(-c3ccc(OCC4CO4)cc3)cc2)n1. The summed E-state index contributed by atoms with van der Waals surface area (Å²) in [4.78, 5) is 13.8. The summed E-state index contributed by atoms with van der Waals surface area (Å²) in [5, 5.41) is 3.48. The van der Waals surface area contributed by atoms with E-state index in [4.69, 9.17) is 28.4 Å². The average Bonchev–Trinajstić information content (AvgIpc) is 4.03. The summed E-state index contributed by atoms with van der Waals surface area (Å²) < 4.78 is 34.3. The molecular weight excluding hydrogens is 644 g/mol. The van der Waals surface area contributed by atoms with Gasteiger partial charge in [0.15, 0.2) is 0 Å². The van der Waals surface area contributed by atoms with E-state index in [0.29, 0.717) is 30.7 Å². The van der Waals surface area contributed by atoms with Crippen LogP contribution in [-0.2, 0) is 9.47 Å². The van der Waals surface area contributed by atoms with E-state index in [1.54, 1.807) is 0 Å². The van der Waals surface area contributed by atoms with E-state index in [1.165, 1.54) is 0 Å². The summed E-state index contributed by atoms with van der Waals surface area (Å²) in [6.45, 7) is 13.6. The molecule has 0 radical (unpaired) electrons. The van der Waals surface area contributed by atoms with Crippen LogP contribution in [0.3, 0.4) is 0 Å². The largest absolute Gasteiger partial charge is 0.491 e. The second-order valence-corrected chi connectivity index (χ2v) is 14.8. The number of rotatable bonds is 15. The van der Waals surface area contributed by atoms with Crippen molar-refractivity contribution in [2.75, 3.05) is 31.7 Å². The first-order valence-corrected chi connectivity index (χ1v) is 17.3. The van der Waals surface area contributed by atoms with Crippen LogP contribution in [0.25, 0.3) is 22.3 Å². The van der Waals surface area contributed by atoms with Crippen LogP contribution in [0.4, 0.5) is 5.95 Å². The van der Waals surface area contributed by atoms with Gasteiger partial charge in [-0.3, -0.25) is 0 Å². The number of hydrogen-bond donors (Lipinski definition) is 1. The molecule has 2 aliphatic rings. The third-order valence-corrected chi connectivity index (χ3v) is 8.20. The van der Waals surface area contributed by atoms with Gasteiger partial charge in [0.1, 0.15) is 48.4 Å². The molecule has 2 unspecified atom stereocenters. The fourth-order valence-electron chi connectivity index (χ4n) is 5.99. The molecule has 51 heavy (non-hydrogen) atoms. The lowest BCUT2D eigenvalue weighted by Crippen LogP contribution is -2.36. The van der Waals surface area contributed by atoms with Crippen LogP contribution >= 0.6 is 0 Å². The summed E-state index contributed by atoms with van der Waals surface area (Å²) >= 11 is 0. The summed E-state index contributed by atoms with van der Waals surface area (Å²) in [6, 6.07) is 31.8. The summed E-state index contributed by atoms with van der Waals surface area (Å²) in [7, 11) is 0. The van der Waals surface area contributed by atoms with Gasteiger partial charge in [0.2, 0.25) is 5.95 Å². The molecule has 5 aromatic rings. The first-order valence-electron chi connectivity index (χ1n) is 17.3. The maximum atomic E-state index is 6.17. The zero-order valence-electron chi connectivity index (χ0n) is 29.7. The smallest absolute Gasteiger partial charge is 0.330 e. The van der Waals surface area contributed by atoms with Gasteiger partial charge in [0, 0.05) is 5.54 Å². The number of hydrogen-bond acceptors (Lipinski definition) is 10. The van der Waals surface area contributed by atoms with E-state index in [9.17, 15) is 0 Å². The lowest BCUT2D eigenvalue weighted by Gasteiger charge is -2.33. The molecule has 2 aliphatic heterocycles. The Morgan fingerprint density at radius 1 is 0.549 bits per heavy atom. The molecule has 7 rings (SSSR count). The Bertz CT molecular complexity index is 1780. The van der Waals surface area contributed by atoms with Crippen LogP contribution in [0.5, 0.6) is 35.0 Å². The molecule has 264 valence electrons. The predicted molar refractivity (Wildman–Crippen MR) is 196 cm³/mol. The summed E-state index contributed by atoms with van der Waals surface area (Å²) in [5.41, 5.74) is 4.00. The highest BCUT2D eigenvalue weighted by Crippen LogP contribution is 2.32. The van der Waals surface area contributed by atoms with Gasteiger partial charge in [0.25, 0.3) is 0 Å². The summed E-state index contributed by atoms with van der Waals surface area (Å²) in [5.74, 6) is 3.18. The quantitative estimate of drug-likeness (QED) is 0.107. The van der Waals surface area contributed by atoms with Crippen molar-refractivity contribution in [3.8, 4) is 57.3 Å². The predicted octanol–water partition coefficient (Wildman–Crippen LogP) is 8.97. The molecule has 3 heterocycles. The molecule has 0 bridgehead atoms. The van der Waals surface area contributed by atoms with Crippen molar-refractivity contribution >= 4 is 5.95 Å². The highest BCUT2D eigenvalue weighted by Gasteiger charge is 2.27. The van der Waals surface area contributed by atoms with Gasteiger partial charge < -0.3 is 33.7 Å². The number of nitrogens with zero attached hydrogens (tertiary/aromatic N) is 3. The fraction of sp³-hybridized carbons (Fsp3) is 0.341. The first kappa shape index (κ1) is 34.3. The molecule has 0 amide bonds. The minimum Gasteiger partial charge on any atom is -0.491 e. The number of benzene rings is 4. The summed E-state index contributed by atoms with van der Waals surface area (Å²) in [6.07, 6.45) is 1.33. The molecule has 2 fully saturated rings. The molecular formula is C41H44N4O6. The van der Waals surface area contributed by atoms with E-state index in [1.807, 2.05) is 97.1 Å². The van der Waals surface area contributed by atoms with Crippen LogP contribution in [0.1, 0.15) is 41.0 Å². The number of aromatic nitrogens is 3. The van der Waals surface area contributed by atoms with Crippen molar-refractivity contribution in [1.29, 1.82) is 0 Å². The Kier molecular flexibility index (Phi) is 9.79. The third-order valence-electron chi connectivity index (χ3n) is 8.20. The third kappa shape index (κ3) is 10.2. The minimum atomic E-state index is -0.310. The zero-order chi connectivity index (χ0) is 35.4. The van der Waals surface area contributed by atoms with Crippen molar-refractivity contribution in [3.05, 3.63) is 97.1 Å². The second-order valence-electron chi connectivity index (χ2n) is 14.8. The normalized spacial score (nSPS) is 16.6. The van der Waals surface area contributed by atoms with Crippen molar-refractivity contribution in [2.24, 2.45) is 5.41 Å². The van der Waals surface area contributed by atoms with Crippen LogP contribution in [0.15, 0.2) is 97.1 Å². The molecule has 0 spiro atoms. The van der Waals surface area contributed by atoms with Gasteiger partial charge >= 0.3 is 12.0 Å². The minimum absolute atomic E-state index is 0.0868. The Labute approximate surface area is 299 Å². The number of ether oxygens (including phenoxy) is 6. The molecule has 1 N–H and O–H groups in total. The van der Waals surface area contributed by atoms with E-state index in [2.05, 4.69) is 54.9 Å². The van der Waals surface area contributed by atoms with E-state index < -0.39 is 0 Å². The topological polar surface area (TPSA) is 113 Å². The molecule has 0 aliphatic carbocycles. The lowest BCUT2D eigenvalue weighted by atomic mass is 9.82. The van der Waals surface area contributed by atoms with E-state index in [-0.39, 0.29) is 35.2 Å². The van der Waals surface area contributed by atoms with Crippen LogP contribution in [0.2, 0.25) is 0 Å². The van der Waals surface area contributed by atoms with E-state index >= 15 is 0 Å². The Morgan fingerprint density at radius 2 is 0.902 bits per heavy atom. The molecule has 10 heteroatoms. The standard InChI is InChI=1S/C41H44N4O6/c1-40(2,3)26-41(4,5)45-37-42-38(50-33-18-10-29(11-19-33)27-6-14-31(15-7-27)46-22-35-24-48-35)44-39(43-37)51-34-20-12-30(13-21-34)28-8-16-32(17-9-28)47-23-36-25-49-36/h6-21,35-36H,22-26H2,1-5H3,(H,42,43,44,45). The van der Waals surface area contributed by atoms with Crippen molar-refractivity contribution in [1.82, 2.24) is 15.0 Å². The zero-order valence-corrected chi connectivity index (χ0v) is 29.7. The first-order chi connectivity index (χ1) is 24.5. The molecule has 0 saturated carbocycles. The van der Waals surface area contributed by atoms with Crippen molar-refractivity contribution in [3.63, 3.8) is 0 Å². The monoisotopic (exact) mass is 688 g/mol. The van der Waals surface area contributed by atoms with Gasteiger partial charge in [0.05, 0.1) is 13.2 Å². The average molecular weight is 689 g/mol. The van der Waals surface area contributed by atoms with Gasteiger partial charge in [-0.05, 0) is 96.5 Å². The Hall–Kier alpha value is -5.19. The second kappa shape index (κ2) is 14.6. The van der Waals surface area contributed by atoms with Crippen LogP contribution in [0, 0.1) is 5.41 Å². The highest BCUT2D eigenvalue weighted by atomic mass is 16.6. The van der Waals surface area contributed by atoms with Gasteiger partial charge in [-0.2, -0.15) is 9.97 Å². The van der Waals surface area contributed by atoms with Gasteiger partial charge in [-0.25, -0.2) is 0 Å². The van der Waals surface area contributed by atoms with Crippen molar-refractivity contribution < 1.29 is 28.4 Å². The molecule has 2 saturated heterocycles. The Balaban J connectivity index is 1.05. The van der Waals surface area contributed by atoms with Gasteiger partial charge in [-0.1, -0.05) is 69.3 Å². The molecule has 10 nitrogen and oxygen atoms in total. The van der Waals surface area contributed by atoms with Gasteiger partial charge in [-0.15, -0.1) is 4.98 Å². The van der Waals surface area contributed by atoms with Crippen molar-refractivity contribution in [2.45, 2.75) is 58.8 Å². The molecule has 2 atom stereocenters. The maximum Gasteiger partial charge on any atom is 0.330 e. The number of anilines is 1. The molecule has 4 aromatic carbocycles. The lowest BCUT2D eigenvalue weighted by molar-refractivity contribution is 0.263. The van der Waals surface area contributed by atoms with Crippen LogP contribution in [-0.4, -0.2) is 59.1 Å². The maximum absolute atomic E-state index is 6.17. The van der Waals surface area contributed by atoms with E-state index in [0.717, 1.165) is 53.4 Å². The number of nitrogens with one attached hydrogen (secondary N) is 1. The number of epoxide rings is 2.